The first-order valence-electron chi connectivity index (χ1n) is 16.3. The molecule has 0 amide bonds. The van der Waals surface area contributed by atoms with Gasteiger partial charge in [-0.2, -0.15) is 0 Å². The van der Waals surface area contributed by atoms with Crippen molar-refractivity contribution in [1.29, 1.82) is 0 Å². The van der Waals surface area contributed by atoms with Crippen molar-refractivity contribution < 1.29 is 14.2 Å². The Morgan fingerprint density at radius 2 is 1.09 bits per heavy atom. The number of hydrogen-bond acceptors (Lipinski definition) is 3. The Hall–Kier alpha value is -5.10. The number of fused-ring (bicyclic) bond motifs is 12. The van der Waals surface area contributed by atoms with E-state index in [0.717, 1.165) is 54.9 Å². The number of hydrogen-bond donors (Lipinski definition) is 1. The van der Waals surface area contributed by atoms with Gasteiger partial charge in [-0.25, -0.2) is 0 Å². The van der Waals surface area contributed by atoms with Crippen LogP contribution in [0, 0.1) is 0 Å². The highest BCUT2D eigenvalue weighted by Crippen LogP contribution is 2.44. The molecule has 0 aliphatic heterocycles. The normalized spacial score (nSPS) is 12.9. The first-order chi connectivity index (χ1) is 22.7. The van der Waals surface area contributed by atoms with E-state index in [1.54, 1.807) is 13.8 Å². The van der Waals surface area contributed by atoms with Gasteiger partial charge in [0, 0.05) is 16.2 Å². The van der Waals surface area contributed by atoms with Crippen LogP contribution in [0.2, 0.25) is 0 Å². The van der Waals surface area contributed by atoms with Gasteiger partial charge in [-0.15, -0.1) is 0 Å². The second-order valence-electron chi connectivity index (χ2n) is 13.8. The number of furan rings is 1. The second-order valence-corrected chi connectivity index (χ2v) is 13.8. The maximum Gasteiger partial charge on any atom is 0.313 e. The lowest BCUT2D eigenvalue weighted by molar-refractivity contribution is -0.0893. The third-order valence-electron chi connectivity index (χ3n) is 10.4. The SMILES string of the molecule is CC(C)(O)C(C)(C)OBc1ccc(-n2c3ccc4ccccc4c3c3c4ccccc4ccc32)c2c1oc1ccc3ccccc3c12. The molecule has 7 aromatic carbocycles. The van der Waals surface area contributed by atoms with Gasteiger partial charge in [0.05, 0.1) is 33.3 Å². The van der Waals surface area contributed by atoms with Gasteiger partial charge in [-0.1, -0.05) is 97.1 Å². The fourth-order valence-electron chi connectivity index (χ4n) is 7.22. The topological polar surface area (TPSA) is 47.5 Å². The molecule has 9 rings (SSSR count). The van der Waals surface area contributed by atoms with E-state index >= 15 is 0 Å². The molecule has 9 aromatic rings. The molecule has 47 heavy (non-hydrogen) atoms. The third kappa shape index (κ3) is 4.10. The molecule has 0 atom stereocenters. The zero-order chi connectivity index (χ0) is 32.1. The highest BCUT2D eigenvalue weighted by atomic mass is 16.5. The van der Waals surface area contributed by atoms with Crippen LogP contribution in [0.1, 0.15) is 27.7 Å². The Morgan fingerprint density at radius 1 is 0.574 bits per heavy atom. The summed E-state index contributed by atoms with van der Waals surface area (Å²) in [7, 11) is 0.300. The Bertz CT molecular complexity index is 2620. The van der Waals surface area contributed by atoms with E-state index < -0.39 is 11.2 Å². The number of rotatable bonds is 5. The van der Waals surface area contributed by atoms with Crippen LogP contribution in [0.4, 0.5) is 0 Å². The zero-order valence-corrected chi connectivity index (χ0v) is 27.0. The van der Waals surface area contributed by atoms with E-state index in [2.05, 4.69) is 126 Å². The van der Waals surface area contributed by atoms with Crippen molar-refractivity contribution in [2.45, 2.75) is 38.9 Å². The standard InChI is InChI=1S/C42H34BNO3/c1-41(2,45)42(3,4)47-43-31-20-23-34(39-38-30-16-10-7-13-27(30)19-24-35(38)46-40(31)39)44-32-21-17-25-11-5-8-14-28(25)36(32)37-29-15-9-6-12-26(29)18-22-33(37)44/h5-24,43,45H,1-4H3. The predicted molar refractivity (Wildman–Crippen MR) is 199 cm³/mol. The van der Waals surface area contributed by atoms with Crippen molar-refractivity contribution >= 4 is 89.0 Å². The number of aromatic nitrogens is 1. The Balaban J connectivity index is 1.43. The second kappa shape index (κ2) is 9.95. The minimum atomic E-state index is -1.02. The zero-order valence-electron chi connectivity index (χ0n) is 27.0. The molecule has 0 saturated heterocycles. The van der Waals surface area contributed by atoms with Crippen LogP contribution in [-0.4, -0.2) is 28.4 Å². The van der Waals surface area contributed by atoms with E-state index in [0.29, 0.717) is 7.48 Å². The molecular formula is C42H34BNO3. The fourth-order valence-corrected chi connectivity index (χ4v) is 7.22. The molecule has 5 heteroatoms. The van der Waals surface area contributed by atoms with Gasteiger partial charge in [0.15, 0.2) is 0 Å². The smallest absolute Gasteiger partial charge is 0.313 e. The molecule has 0 spiro atoms. The van der Waals surface area contributed by atoms with Crippen LogP contribution in [-0.2, 0) is 4.65 Å². The molecular weight excluding hydrogens is 577 g/mol. The van der Waals surface area contributed by atoms with Gasteiger partial charge >= 0.3 is 7.48 Å². The van der Waals surface area contributed by atoms with Gasteiger partial charge in [0.2, 0.25) is 0 Å². The largest absolute Gasteiger partial charge is 0.456 e. The molecule has 228 valence electrons. The van der Waals surface area contributed by atoms with E-state index in [1.807, 2.05) is 13.8 Å². The van der Waals surface area contributed by atoms with E-state index in [-0.39, 0.29) is 0 Å². The van der Waals surface area contributed by atoms with Crippen molar-refractivity contribution in [3.8, 4) is 5.69 Å². The Labute approximate surface area is 273 Å². The van der Waals surface area contributed by atoms with Crippen LogP contribution in [0.5, 0.6) is 0 Å². The average Bonchev–Trinajstić information content (AvgIpc) is 3.64. The van der Waals surface area contributed by atoms with Crippen molar-refractivity contribution in [1.82, 2.24) is 4.57 Å². The lowest BCUT2D eigenvalue weighted by Crippen LogP contribution is -2.49. The minimum Gasteiger partial charge on any atom is -0.456 e. The summed E-state index contributed by atoms with van der Waals surface area (Å²) in [6, 6.07) is 43.4. The summed E-state index contributed by atoms with van der Waals surface area (Å²) in [5, 5.41) is 22.7. The van der Waals surface area contributed by atoms with Crippen LogP contribution in [0.3, 0.4) is 0 Å². The third-order valence-corrected chi connectivity index (χ3v) is 10.4. The first-order valence-corrected chi connectivity index (χ1v) is 16.3. The van der Waals surface area contributed by atoms with Crippen LogP contribution >= 0.6 is 0 Å². The van der Waals surface area contributed by atoms with E-state index in [9.17, 15) is 5.11 Å². The molecule has 0 aliphatic rings. The molecule has 0 aliphatic carbocycles. The summed E-state index contributed by atoms with van der Waals surface area (Å²) in [5.41, 5.74) is 4.15. The highest BCUT2D eigenvalue weighted by molar-refractivity contribution is 6.52. The fraction of sp³-hybridized carbons (Fsp3) is 0.143. The number of benzene rings is 7. The Kier molecular flexibility index (Phi) is 5.96. The van der Waals surface area contributed by atoms with E-state index in [1.165, 1.54) is 32.3 Å². The average molecular weight is 612 g/mol. The van der Waals surface area contributed by atoms with Crippen molar-refractivity contribution in [3.05, 3.63) is 121 Å². The summed E-state index contributed by atoms with van der Waals surface area (Å²) in [6.45, 7) is 7.43. The molecule has 4 nitrogen and oxygen atoms in total. The first kappa shape index (κ1) is 28.2. The molecule has 0 fully saturated rings. The monoisotopic (exact) mass is 611 g/mol. The summed E-state index contributed by atoms with van der Waals surface area (Å²) in [5.74, 6) is 0. The van der Waals surface area contributed by atoms with Crippen LogP contribution in [0.15, 0.2) is 126 Å². The molecule has 0 radical (unpaired) electrons. The van der Waals surface area contributed by atoms with Crippen LogP contribution < -0.4 is 5.46 Å². The highest BCUT2D eigenvalue weighted by Gasteiger charge is 2.36. The molecule has 1 N–H and O–H groups in total. The van der Waals surface area contributed by atoms with Gasteiger partial charge < -0.3 is 18.7 Å². The quantitative estimate of drug-likeness (QED) is 0.197. The van der Waals surface area contributed by atoms with Crippen molar-refractivity contribution in [3.63, 3.8) is 0 Å². The lowest BCUT2D eigenvalue weighted by atomic mass is 9.81. The molecule has 2 heterocycles. The predicted octanol–water partition coefficient (Wildman–Crippen LogP) is 9.69. The summed E-state index contributed by atoms with van der Waals surface area (Å²) < 4.78 is 15.6. The minimum absolute atomic E-state index is 0.300. The maximum absolute atomic E-state index is 10.8. The maximum atomic E-state index is 10.8. The van der Waals surface area contributed by atoms with Crippen molar-refractivity contribution in [2.75, 3.05) is 0 Å². The van der Waals surface area contributed by atoms with E-state index in [4.69, 9.17) is 9.07 Å². The summed E-state index contributed by atoms with van der Waals surface area (Å²) in [6.07, 6.45) is 0. The number of nitrogens with zero attached hydrogens (tertiary/aromatic N) is 1. The van der Waals surface area contributed by atoms with Gasteiger partial charge in [0.25, 0.3) is 0 Å². The summed E-state index contributed by atoms with van der Waals surface area (Å²) in [4.78, 5) is 0. The van der Waals surface area contributed by atoms with Crippen molar-refractivity contribution in [2.24, 2.45) is 0 Å². The number of aliphatic hydroxyl groups is 1. The Morgan fingerprint density at radius 3 is 1.64 bits per heavy atom. The molecule has 0 saturated carbocycles. The van der Waals surface area contributed by atoms with Crippen LogP contribution in [0.25, 0.3) is 81.7 Å². The van der Waals surface area contributed by atoms with Gasteiger partial charge in [0.1, 0.15) is 11.2 Å². The van der Waals surface area contributed by atoms with Gasteiger partial charge in [-0.3, -0.25) is 0 Å². The molecule has 2 aromatic heterocycles. The lowest BCUT2D eigenvalue weighted by Gasteiger charge is -2.37. The molecule has 0 unspecified atom stereocenters. The van der Waals surface area contributed by atoms with Gasteiger partial charge in [-0.05, 0) is 89.7 Å². The summed E-state index contributed by atoms with van der Waals surface area (Å²) >= 11 is 0. The molecule has 0 bridgehead atoms.